The van der Waals surface area contributed by atoms with E-state index in [-0.39, 0.29) is 5.78 Å². The van der Waals surface area contributed by atoms with Gasteiger partial charge < -0.3 is 5.11 Å². The van der Waals surface area contributed by atoms with Gasteiger partial charge in [0, 0.05) is 5.56 Å². The summed E-state index contributed by atoms with van der Waals surface area (Å²) in [5.41, 5.74) is 0.945. The Bertz CT molecular complexity index is 635. The van der Waals surface area contributed by atoms with Gasteiger partial charge in [0.2, 0.25) is 0 Å². The number of benzene rings is 2. The van der Waals surface area contributed by atoms with Gasteiger partial charge in [0.25, 0.3) is 0 Å². The van der Waals surface area contributed by atoms with Crippen LogP contribution in [0.25, 0.3) is 0 Å². The zero-order valence-electron chi connectivity index (χ0n) is 11.5. The molecule has 0 radical (unpaired) electrons. The van der Waals surface area contributed by atoms with E-state index < -0.39 is 23.6 Å². The van der Waals surface area contributed by atoms with Gasteiger partial charge in [0.1, 0.15) is 5.82 Å². The van der Waals surface area contributed by atoms with Crippen molar-refractivity contribution in [2.24, 2.45) is 5.92 Å². The van der Waals surface area contributed by atoms with E-state index in [0.29, 0.717) is 11.1 Å². The van der Waals surface area contributed by atoms with Crippen LogP contribution in [0.15, 0.2) is 54.6 Å². The summed E-state index contributed by atoms with van der Waals surface area (Å²) >= 11 is 0. The van der Waals surface area contributed by atoms with Crippen LogP contribution in [0.1, 0.15) is 28.8 Å². The van der Waals surface area contributed by atoms with Crippen molar-refractivity contribution in [2.75, 3.05) is 0 Å². The van der Waals surface area contributed by atoms with E-state index in [2.05, 4.69) is 0 Å². The Hall–Kier alpha value is -2.49. The molecule has 0 unspecified atom stereocenters. The minimum atomic E-state index is -1.06. The number of aliphatic carboxylic acids is 1. The van der Waals surface area contributed by atoms with Crippen LogP contribution in [0, 0.1) is 11.7 Å². The molecule has 108 valence electrons. The topological polar surface area (TPSA) is 54.4 Å². The number of rotatable bonds is 5. The van der Waals surface area contributed by atoms with Crippen LogP contribution < -0.4 is 0 Å². The number of ketones is 1. The molecule has 2 rings (SSSR count). The van der Waals surface area contributed by atoms with Crippen LogP contribution in [0.3, 0.4) is 0 Å². The fourth-order valence-corrected chi connectivity index (χ4v) is 2.26. The number of carbonyl (C=O) groups excluding carboxylic acids is 1. The molecule has 3 nitrogen and oxygen atoms in total. The van der Waals surface area contributed by atoms with Crippen molar-refractivity contribution < 1.29 is 19.1 Å². The molecule has 0 aliphatic rings. The SMILES string of the molecule is C[C@H](C(=O)O)[C@H](C(=O)c1ccccc1)c1ccc(F)cc1. The number of carboxylic acid groups (broad SMARTS) is 1. The predicted octanol–water partition coefficient (Wildman–Crippen LogP) is 3.51. The van der Waals surface area contributed by atoms with Crippen LogP contribution in [0.5, 0.6) is 0 Å². The van der Waals surface area contributed by atoms with Gasteiger partial charge in [0.05, 0.1) is 11.8 Å². The van der Waals surface area contributed by atoms with E-state index in [1.807, 2.05) is 0 Å². The molecule has 2 aromatic rings. The second kappa shape index (κ2) is 6.31. The summed E-state index contributed by atoms with van der Waals surface area (Å²) in [6.45, 7) is 1.48. The second-order valence-electron chi connectivity index (χ2n) is 4.89. The first-order valence-electron chi connectivity index (χ1n) is 6.58. The van der Waals surface area contributed by atoms with Crippen molar-refractivity contribution in [3.8, 4) is 0 Å². The standard InChI is InChI=1S/C17H15FO3/c1-11(17(20)21)15(12-7-9-14(18)10-8-12)16(19)13-5-3-2-4-6-13/h2-11,15H,1H3,(H,20,21)/t11-,15-/m0/s1. The van der Waals surface area contributed by atoms with Crippen molar-refractivity contribution in [1.82, 2.24) is 0 Å². The van der Waals surface area contributed by atoms with Gasteiger partial charge in [0.15, 0.2) is 5.78 Å². The summed E-state index contributed by atoms with van der Waals surface area (Å²) < 4.78 is 13.0. The second-order valence-corrected chi connectivity index (χ2v) is 4.89. The first-order chi connectivity index (χ1) is 10.0. The lowest BCUT2D eigenvalue weighted by Gasteiger charge is -2.20. The molecular formula is C17H15FO3. The normalized spacial score (nSPS) is 13.4. The summed E-state index contributed by atoms with van der Waals surface area (Å²) in [6, 6.07) is 13.9. The number of halogens is 1. The molecule has 4 heteroatoms. The number of carbonyl (C=O) groups is 2. The molecule has 2 atom stereocenters. The summed E-state index contributed by atoms with van der Waals surface area (Å²) in [4.78, 5) is 23.9. The van der Waals surface area contributed by atoms with Crippen LogP contribution in [-0.2, 0) is 4.79 Å². The summed E-state index contributed by atoms with van der Waals surface area (Å²) in [6.07, 6.45) is 0. The number of Topliss-reactive ketones (excluding diaryl/α,β-unsaturated/α-hetero) is 1. The number of hydrogen-bond donors (Lipinski definition) is 1. The lowest BCUT2D eigenvalue weighted by Crippen LogP contribution is -2.26. The quantitative estimate of drug-likeness (QED) is 0.856. The first-order valence-corrected chi connectivity index (χ1v) is 6.58. The van der Waals surface area contributed by atoms with E-state index >= 15 is 0 Å². The molecule has 0 bridgehead atoms. The molecular weight excluding hydrogens is 271 g/mol. The van der Waals surface area contributed by atoms with Crippen molar-refractivity contribution in [2.45, 2.75) is 12.8 Å². The third kappa shape index (κ3) is 3.34. The maximum absolute atomic E-state index is 13.0. The van der Waals surface area contributed by atoms with Crippen molar-refractivity contribution in [1.29, 1.82) is 0 Å². The third-order valence-electron chi connectivity index (χ3n) is 3.46. The Balaban J connectivity index is 2.44. The zero-order valence-corrected chi connectivity index (χ0v) is 11.5. The van der Waals surface area contributed by atoms with Crippen molar-refractivity contribution >= 4 is 11.8 Å². The van der Waals surface area contributed by atoms with Gasteiger partial charge in [-0.15, -0.1) is 0 Å². The average Bonchev–Trinajstić information content (AvgIpc) is 2.50. The highest BCUT2D eigenvalue weighted by molar-refractivity contribution is 6.03. The third-order valence-corrected chi connectivity index (χ3v) is 3.46. The summed E-state index contributed by atoms with van der Waals surface area (Å²) in [7, 11) is 0. The Kier molecular flexibility index (Phi) is 4.48. The lowest BCUT2D eigenvalue weighted by atomic mass is 9.81. The van der Waals surface area contributed by atoms with Crippen molar-refractivity contribution in [3.63, 3.8) is 0 Å². The van der Waals surface area contributed by atoms with Gasteiger partial charge in [-0.2, -0.15) is 0 Å². The summed E-state index contributed by atoms with van der Waals surface area (Å²) in [5, 5.41) is 9.24. The highest BCUT2D eigenvalue weighted by Gasteiger charge is 2.32. The maximum Gasteiger partial charge on any atom is 0.307 e. The minimum Gasteiger partial charge on any atom is -0.481 e. The molecule has 0 fully saturated rings. The molecule has 2 aromatic carbocycles. The van der Waals surface area contributed by atoms with Crippen LogP contribution in [-0.4, -0.2) is 16.9 Å². The molecule has 0 saturated heterocycles. The van der Waals surface area contributed by atoms with E-state index in [9.17, 15) is 19.1 Å². The van der Waals surface area contributed by atoms with Gasteiger partial charge in [-0.3, -0.25) is 9.59 Å². The van der Waals surface area contributed by atoms with E-state index in [0.717, 1.165) is 0 Å². The lowest BCUT2D eigenvalue weighted by molar-refractivity contribution is -0.141. The molecule has 0 aromatic heterocycles. The maximum atomic E-state index is 13.0. The van der Waals surface area contributed by atoms with Gasteiger partial charge in [-0.05, 0) is 17.7 Å². The Labute approximate surface area is 122 Å². The van der Waals surface area contributed by atoms with Gasteiger partial charge in [-0.1, -0.05) is 49.4 Å². The van der Waals surface area contributed by atoms with E-state index in [1.165, 1.54) is 31.2 Å². The molecule has 0 saturated carbocycles. The highest BCUT2D eigenvalue weighted by Crippen LogP contribution is 2.29. The Morgan fingerprint density at radius 2 is 1.57 bits per heavy atom. The minimum absolute atomic E-state index is 0.280. The molecule has 0 amide bonds. The van der Waals surface area contributed by atoms with E-state index in [4.69, 9.17) is 0 Å². The van der Waals surface area contributed by atoms with Crippen LogP contribution >= 0.6 is 0 Å². The molecule has 0 aliphatic heterocycles. The van der Waals surface area contributed by atoms with Crippen molar-refractivity contribution in [3.05, 3.63) is 71.5 Å². The molecule has 0 spiro atoms. The molecule has 1 N–H and O–H groups in total. The monoisotopic (exact) mass is 286 g/mol. The van der Waals surface area contributed by atoms with Crippen LogP contribution in [0.2, 0.25) is 0 Å². The van der Waals surface area contributed by atoms with Gasteiger partial charge >= 0.3 is 5.97 Å². The van der Waals surface area contributed by atoms with E-state index in [1.54, 1.807) is 30.3 Å². The first kappa shape index (κ1) is 14.9. The fraction of sp³-hybridized carbons (Fsp3) is 0.176. The summed E-state index contributed by atoms with van der Waals surface area (Å²) in [5.74, 6) is -3.51. The average molecular weight is 286 g/mol. The van der Waals surface area contributed by atoms with Crippen LogP contribution in [0.4, 0.5) is 4.39 Å². The molecule has 0 heterocycles. The highest BCUT2D eigenvalue weighted by atomic mass is 19.1. The predicted molar refractivity (Wildman–Crippen MR) is 76.7 cm³/mol. The largest absolute Gasteiger partial charge is 0.481 e. The Morgan fingerprint density at radius 3 is 2.10 bits per heavy atom. The number of carboxylic acids is 1. The molecule has 0 aliphatic carbocycles. The zero-order chi connectivity index (χ0) is 15.4. The number of hydrogen-bond acceptors (Lipinski definition) is 2. The smallest absolute Gasteiger partial charge is 0.307 e. The molecule has 21 heavy (non-hydrogen) atoms. The fourth-order valence-electron chi connectivity index (χ4n) is 2.26. The van der Waals surface area contributed by atoms with Gasteiger partial charge in [-0.25, -0.2) is 4.39 Å². The Morgan fingerprint density at radius 1 is 1.00 bits per heavy atom.